The van der Waals surface area contributed by atoms with Crippen LogP contribution in [0, 0.1) is 0 Å². The Morgan fingerprint density at radius 2 is 2.25 bits per heavy atom. The van der Waals surface area contributed by atoms with E-state index in [-0.39, 0.29) is 11.3 Å². The lowest BCUT2D eigenvalue weighted by Crippen LogP contribution is -2.30. The number of thioether (sulfide) groups is 1. The summed E-state index contributed by atoms with van der Waals surface area (Å²) in [5, 5.41) is 2.20. The highest BCUT2D eigenvalue weighted by molar-refractivity contribution is 7.99. The maximum Gasteiger partial charge on any atom is 0.255 e. The van der Waals surface area contributed by atoms with E-state index in [4.69, 9.17) is 4.74 Å². The largest absolute Gasteiger partial charge is 0.497 e. The van der Waals surface area contributed by atoms with Crippen LogP contribution in [0.15, 0.2) is 41.8 Å². The number of benzene rings is 1. The first-order chi connectivity index (χ1) is 9.79. The topological polar surface area (TPSA) is 29.5 Å². The van der Waals surface area contributed by atoms with Crippen molar-refractivity contribution in [3.8, 4) is 5.75 Å². The third-order valence-electron chi connectivity index (χ3n) is 3.26. The molecule has 104 valence electrons. The zero-order valence-electron chi connectivity index (χ0n) is 11.1. The van der Waals surface area contributed by atoms with E-state index in [0.29, 0.717) is 5.56 Å². The average Bonchev–Trinajstić information content (AvgIpc) is 3.16. The van der Waals surface area contributed by atoms with E-state index in [1.54, 1.807) is 24.5 Å². The van der Waals surface area contributed by atoms with Crippen LogP contribution >= 0.6 is 23.1 Å². The van der Waals surface area contributed by atoms with Crippen LogP contribution < -0.4 is 4.74 Å². The van der Waals surface area contributed by atoms with E-state index in [2.05, 4.69) is 11.4 Å². The number of hydrogen-bond donors (Lipinski definition) is 0. The van der Waals surface area contributed by atoms with Gasteiger partial charge >= 0.3 is 0 Å². The van der Waals surface area contributed by atoms with Gasteiger partial charge in [-0.3, -0.25) is 4.79 Å². The lowest BCUT2D eigenvalue weighted by atomic mass is 10.2. The smallest absolute Gasteiger partial charge is 0.255 e. The fourth-order valence-corrected chi connectivity index (χ4v) is 4.50. The maximum absolute atomic E-state index is 12.7. The summed E-state index contributed by atoms with van der Waals surface area (Å²) in [4.78, 5) is 15.9. The fourth-order valence-electron chi connectivity index (χ4n) is 2.27. The van der Waals surface area contributed by atoms with Gasteiger partial charge < -0.3 is 9.64 Å². The average molecular weight is 305 g/mol. The number of carbonyl (C=O) groups excluding carboxylic acids is 1. The van der Waals surface area contributed by atoms with Crippen LogP contribution in [-0.2, 0) is 0 Å². The predicted molar refractivity (Wildman–Crippen MR) is 83.5 cm³/mol. The van der Waals surface area contributed by atoms with Crippen LogP contribution in [0.25, 0.3) is 0 Å². The summed E-state index contributed by atoms with van der Waals surface area (Å²) in [7, 11) is 1.61. The van der Waals surface area contributed by atoms with E-state index in [1.807, 2.05) is 40.9 Å². The van der Waals surface area contributed by atoms with Crippen molar-refractivity contribution in [1.29, 1.82) is 0 Å². The number of methoxy groups -OCH3 is 1. The first-order valence-corrected chi connectivity index (χ1v) is 8.32. The van der Waals surface area contributed by atoms with Crippen LogP contribution in [0.2, 0.25) is 0 Å². The number of amides is 1. The van der Waals surface area contributed by atoms with Crippen molar-refractivity contribution in [2.75, 3.05) is 19.4 Å². The summed E-state index contributed by atoms with van der Waals surface area (Å²) in [6.45, 7) is 0.795. The molecular weight excluding hydrogens is 290 g/mol. The van der Waals surface area contributed by atoms with Crippen LogP contribution in [0.1, 0.15) is 20.6 Å². The summed E-state index contributed by atoms with van der Waals surface area (Å²) >= 11 is 3.53. The number of carbonyl (C=O) groups is 1. The van der Waals surface area contributed by atoms with Crippen molar-refractivity contribution in [1.82, 2.24) is 4.90 Å². The Kier molecular flexibility index (Phi) is 3.98. The molecule has 1 atom stereocenters. The zero-order chi connectivity index (χ0) is 13.9. The highest BCUT2D eigenvalue weighted by atomic mass is 32.2. The Bertz CT molecular complexity index is 598. The molecule has 2 heterocycles. The third-order valence-corrected chi connectivity index (χ3v) is 5.57. The van der Waals surface area contributed by atoms with E-state index < -0.39 is 0 Å². The van der Waals surface area contributed by atoms with Gasteiger partial charge in [-0.1, -0.05) is 12.1 Å². The maximum atomic E-state index is 12.7. The van der Waals surface area contributed by atoms with E-state index >= 15 is 0 Å². The molecule has 0 bridgehead atoms. The van der Waals surface area contributed by atoms with E-state index in [0.717, 1.165) is 18.0 Å². The first kappa shape index (κ1) is 13.5. The quantitative estimate of drug-likeness (QED) is 0.867. The first-order valence-electron chi connectivity index (χ1n) is 6.39. The van der Waals surface area contributed by atoms with E-state index in [9.17, 15) is 4.79 Å². The number of thiophene rings is 1. The van der Waals surface area contributed by atoms with Gasteiger partial charge in [0.2, 0.25) is 0 Å². The molecule has 3 nitrogen and oxygen atoms in total. The van der Waals surface area contributed by atoms with Crippen LogP contribution in [0.5, 0.6) is 5.75 Å². The number of hydrogen-bond acceptors (Lipinski definition) is 4. The molecule has 0 aliphatic carbocycles. The number of rotatable bonds is 3. The molecule has 1 aromatic carbocycles. The molecule has 1 aliphatic heterocycles. The van der Waals surface area contributed by atoms with Gasteiger partial charge in [0.15, 0.2) is 0 Å². The van der Waals surface area contributed by atoms with Crippen molar-refractivity contribution in [3.05, 3.63) is 52.2 Å². The summed E-state index contributed by atoms with van der Waals surface area (Å²) in [6.07, 6.45) is 0. The van der Waals surface area contributed by atoms with Crippen molar-refractivity contribution in [2.24, 2.45) is 0 Å². The molecule has 0 N–H and O–H groups in total. The Labute approximate surface area is 126 Å². The Balaban J connectivity index is 1.85. The lowest BCUT2D eigenvalue weighted by Gasteiger charge is -2.23. The minimum Gasteiger partial charge on any atom is -0.497 e. The highest BCUT2D eigenvalue weighted by Gasteiger charge is 2.31. The minimum atomic E-state index is 0.0762. The number of nitrogens with zero attached hydrogens (tertiary/aromatic N) is 1. The van der Waals surface area contributed by atoms with Crippen molar-refractivity contribution in [2.45, 2.75) is 5.37 Å². The fraction of sp³-hybridized carbons (Fsp3) is 0.267. The molecule has 0 saturated carbocycles. The van der Waals surface area contributed by atoms with Gasteiger partial charge in [-0.25, -0.2) is 0 Å². The molecule has 1 amide bonds. The van der Waals surface area contributed by atoms with Gasteiger partial charge in [0.05, 0.1) is 7.11 Å². The standard InChI is InChI=1S/C15H15NO2S2/c1-18-12-5-2-4-11(10-12)14(17)16-7-9-20-15(16)13-6-3-8-19-13/h2-6,8,10,15H,7,9H2,1H3/t15-/m1/s1. The normalized spacial score (nSPS) is 18.2. The summed E-state index contributed by atoms with van der Waals surface area (Å²) in [6, 6.07) is 11.5. The Hall–Kier alpha value is -1.46. The van der Waals surface area contributed by atoms with Gasteiger partial charge in [-0.15, -0.1) is 23.1 Å². The van der Waals surface area contributed by atoms with Gasteiger partial charge in [-0.2, -0.15) is 0 Å². The Morgan fingerprint density at radius 3 is 3.00 bits per heavy atom. The third kappa shape index (κ3) is 2.55. The molecule has 5 heteroatoms. The van der Waals surface area contributed by atoms with Crippen molar-refractivity contribution >= 4 is 29.0 Å². The molecule has 1 saturated heterocycles. The van der Waals surface area contributed by atoms with E-state index in [1.165, 1.54) is 4.88 Å². The molecule has 3 rings (SSSR count). The molecule has 0 unspecified atom stereocenters. The van der Waals surface area contributed by atoms with Gasteiger partial charge in [0.25, 0.3) is 5.91 Å². The second-order valence-corrected chi connectivity index (χ2v) is 6.64. The lowest BCUT2D eigenvalue weighted by molar-refractivity contribution is 0.0761. The molecule has 0 spiro atoms. The monoisotopic (exact) mass is 305 g/mol. The van der Waals surface area contributed by atoms with Crippen LogP contribution in [0.4, 0.5) is 0 Å². The molecule has 1 fully saturated rings. The van der Waals surface area contributed by atoms with Crippen LogP contribution in [-0.4, -0.2) is 30.2 Å². The molecule has 20 heavy (non-hydrogen) atoms. The molecule has 2 aromatic rings. The highest BCUT2D eigenvalue weighted by Crippen LogP contribution is 2.40. The molecule has 1 aliphatic rings. The van der Waals surface area contributed by atoms with Crippen molar-refractivity contribution in [3.63, 3.8) is 0 Å². The van der Waals surface area contributed by atoms with Gasteiger partial charge in [0, 0.05) is 22.7 Å². The Morgan fingerprint density at radius 1 is 1.35 bits per heavy atom. The summed E-state index contributed by atoms with van der Waals surface area (Å²) in [5.74, 6) is 1.78. The van der Waals surface area contributed by atoms with Gasteiger partial charge in [-0.05, 0) is 29.6 Å². The van der Waals surface area contributed by atoms with Crippen molar-refractivity contribution < 1.29 is 9.53 Å². The minimum absolute atomic E-state index is 0.0762. The second kappa shape index (κ2) is 5.89. The predicted octanol–water partition coefficient (Wildman–Crippen LogP) is 3.64. The number of ether oxygens (including phenoxy) is 1. The molecule has 0 radical (unpaired) electrons. The SMILES string of the molecule is COc1cccc(C(=O)N2CCS[C@@H]2c2cccs2)c1. The second-order valence-electron chi connectivity index (χ2n) is 4.47. The molecular formula is C15H15NO2S2. The summed E-state index contributed by atoms with van der Waals surface area (Å²) < 4.78 is 5.19. The van der Waals surface area contributed by atoms with Crippen LogP contribution in [0.3, 0.4) is 0 Å². The molecule has 1 aromatic heterocycles. The zero-order valence-corrected chi connectivity index (χ0v) is 12.7. The van der Waals surface area contributed by atoms with Gasteiger partial charge in [0.1, 0.15) is 11.1 Å². The summed E-state index contributed by atoms with van der Waals surface area (Å²) in [5.41, 5.74) is 0.688.